The quantitative estimate of drug-likeness (QED) is 0.239. The van der Waals surface area contributed by atoms with E-state index in [1.165, 1.54) is 0 Å². The summed E-state index contributed by atoms with van der Waals surface area (Å²) >= 11 is 0. The van der Waals surface area contributed by atoms with E-state index in [0.29, 0.717) is 41.6 Å². The molecule has 0 bridgehead atoms. The minimum Gasteiger partial charge on any atom is -0.497 e. The Balaban J connectivity index is 1.68. The largest absolute Gasteiger partial charge is 0.497 e. The van der Waals surface area contributed by atoms with Crippen molar-refractivity contribution in [1.82, 2.24) is 0 Å². The number of hydrogen-bond donors (Lipinski definition) is 0. The molecular weight excluding hydrogens is 372 g/mol. The van der Waals surface area contributed by atoms with Gasteiger partial charge in [-0.2, -0.15) is 0 Å². The van der Waals surface area contributed by atoms with Crippen LogP contribution < -0.4 is 14.2 Å². The standard InChI is InChI=1S/C23H26O6/c1-17(2)22(24)28-16-6-4-5-15-27-20-9-7-18(8-10-20)23(25)29-21-13-11-19(26-3)12-14-21/h7-14H,1,4-6,15-16H2,2-3H3. The monoisotopic (exact) mass is 398 g/mol. The molecule has 0 saturated heterocycles. The van der Waals surface area contributed by atoms with Gasteiger partial charge in [0, 0.05) is 5.57 Å². The van der Waals surface area contributed by atoms with Gasteiger partial charge in [-0.25, -0.2) is 9.59 Å². The smallest absolute Gasteiger partial charge is 0.343 e. The molecular formula is C23H26O6. The molecule has 0 fully saturated rings. The van der Waals surface area contributed by atoms with Crippen molar-refractivity contribution in [3.63, 3.8) is 0 Å². The second-order valence-electron chi connectivity index (χ2n) is 6.41. The first-order chi connectivity index (χ1) is 14.0. The number of ether oxygens (including phenoxy) is 4. The average molecular weight is 398 g/mol. The molecule has 0 amide bonds. The van der Waals surface area contributed by atoms with Crippen LogP contribution in [0, 0.1) is 0 Å². The highest BCUT2D eigenvalue weighted by molar-refractivity contribution is 5.91. The molecule has 29 heavy (non-hydrogen) atoms. The fourth-order valence-electron chi connectivity index (χ4n) is 2.36. The molecule has 154 valence electrons. The van der Waals surface area contributed by atoms with E-state index in [1.54, 1.807) is 62.6 Å². The van der Waals surface area contributed by atoms with Crippen molar-refractivity contribution < 1.29 is 28.5 Å². The molecule has 6 heteroatoms. The summed E-state index contributed by atoms with van der Waals surface area (Å²) in [5.74, 6) is 1.03. The Bertz CT molecular complexity index is 808. The van der Waals surface area contributed by atoms with Crippen LogP contribution in [0.25, 0.3) is 0 Å². The van der Waals surface area contributed by atoms with E-state index in [2.05, 4.69) is 6.58 Å². The Morgan fingerprint density at radius 1 is 0.828 bits per heavy atom. The van der Waals surface area contributed by atoms with E-state index in [1.807, 2.05) is 0 Å². The zero-order chi connectivity index (χ0) is 21.1. The average Bonchev–Trinajstić information content (AvgIpc) is 2.73. The summed E-state index contributed by atoms with van der Waals surface area (Å²) in [6.45, 7) is 6.09. The molecule has 0 aliphatic heterocycles. The van der Waals surface area contributed by atoms with E-state index < -0.39 is 5.97 Å². The van der Waals surface area contributed by atoms with Crippen LogP contribution in [-0.2, 0) is 9.53 Å². The number of carbonyl (C=O) groups is 2. The molecule has 0 radical (unpaired) electrons. The lowest BCUT2D eigenvalue weighted by molar-refractivity contribution is -0.139. The third-order valence-corrected chi connectivity index (χ3v) is 4.00. The van der Waals surface area contributed by atoms with Gasteiger partial charge in [0.1, 0.15) is 17.2 Å². The Kier molecular flexibility index (Phi) is 8.76. The molecule has 0 heterocycles. The highest BCUT2D eigenvalue weighted by atomic mass is 16.5. The SMILES string of the molecule is C=C(C)C(=O)OCCCCCOc1ccc(C(=O)Oc2ccc(OC)cc2)cc1. The third kappa shape index (κ3) is 7.70. The number of rotatable bonds is 11. The highest BCUT2D eigenvalue weighted by Gasteiger charge is 2.09. The van der Waals surface area contributed by atoms with Crippen molar-refractivity contribution in [2.24, 2.45) is 0 Å². The van der Waals surface area contributed by atoms with Crippen molar-refractivity contribution in [3.8, 4) is 17.2 Å². The van der Waals surface area contributed by atoms with Crippen molar-refractivity contribution in [3.05, 3.63) is 66.2 Å². The maximum absolute atomic E-state index is 12.2. The number of unbranched alkanes of at least 4 members (excludes halogenated alkanes) is 2. The lowest BCUT2D eigenvalue weighted by atomic mass is 10.2. The Morgan fingerprint density at radius 3 is 2.03 bits per heavy atom. The maximum atomic E-state index is 12.2. The summed E-state index contributed by atoms with van der Waals surface area (Å²) in [5.41, 5.74) is 0.845. The van der Waals surface area contributed by atoms with Crippen molar-refractivity contribution >= 4 is 11.9 Å². The van der Waals surface area contributed by atoms with Crippen LogP contribution in [0.1, 0.15) is 36.5 Å². The number of methoxy groups -OCH3 is 1. The van der Waals surface area contributed by atoms with Gasteiger partial charge >= 0.3 is 11.9 Å². The van der Waals surface area contributed by atoms with Crippen LogP contribution in [0.3, 0.4) is 0 Å². The fraction of sp³-hybridized carbons (Fsp3) is 0.304. The predicted molar refractivity (Wildman–Crippen MR) is 110 cm³/mol. The fourth-order valence-corrected chi connectivity index (χ4v) is 2.36. The number of hydrogen-bond acceptors (Lipinski definition) is 6. The molecule has 6 nitrogen and oxygen atoms in total. The van der Waals surface area contributed by atoms with Crippen LogP contribution in [0.5, 0.6) is 17.2 Å². The first kappa shape index (κ1) is 22.0. The summed E-state index contributed by atoms with van der Waals surface area (Å²) < 4.78 is 21.1. The normalized spacial score (nSPS) is 10.1. The molecule has 0 saturated carbocycles. The van der Waals surface area contributed by atoms with Crippen molar-refractivity contribution in [2.45, 2.75) is 26.2 Å². The molecule has 0 atom stereocenters. The van der Waals surface area contributed by atoms with Gasteiger partial charge in [0.25, 0.3) is 0 Å². The van der Waals surface area contributed by atoms with E-state index in [9.17, 15) is 9.59 Å². The topological polar surface area (TPSA) is 71.1 Å². The molecule has 0 aromatic heterocycles. The molecule has 0 aliphatic rings. The third-order valence-electron chi connectivity index (χ3n) is 4.00. The van der Waals surface area contributed by atoms with Crippen LogP contribution in [0.4, 0.5) is 0 Å². The molecule has 2 rings (SSSR count). The summed E-state index contributed by atoms with van der Waals surface area (Å²) in [6, 6.07) is 13.6. The van der Waals surface area contributed by atoms with Gasteiger partial charge in [-0.15, -0.1) is 0 Å². The molecule has 2 aromatic carbocycles. The zero-order valence-electron chi connectivity index (χ0n) is 16.8. The van der Waals surface area contributed by atoms with E-state index in [0.717, 1.165) is 19.3 Å². The van der Waals surface area contributed by atoms with Gasteiger partial charge in [0.2, 0.25) is 0 Å². The predicted octanol–water partition coefficient (Wildman–Crippen LogP) is 4.58. The lowest BCUT2D eigenvalue weighted by Gasteiger charge is -2.08. The molecule has 0 N–H and O–H groups in total. The second kappa shape index (κ2) is 11.5. The van der Waals surface area contributed by atoms with E-state index in [-0.39, 0.29) is 5.97 Å². The first-order valence-corrected chi connectivity index (χ1v) is 9.41. The molecule has 0 spiro atoms. The van der Waals surface area contributed by atoms with Gasteiger partial charge in [-0.3, -0.25) is 0 Å². The highest BCUT2D eigenvalue weighted by Crippen LogP contribution is 2.19. The Labute approximate surface area is 171 Å². The summed E-state index contributed by atoms with van der Waals surface area (Å²) in [6.07, 6.45) is 2.50. The summed E-state index contributed by atoms with van der Waals surface area (Å²) in [4.78, 5) is 23.4. The Hall–Kier alpha value is -3.28. The number of benzene rings is 2. The summed E-state index contributed by atoms with van der Waals surface area (Å²) in [7, 11) is 1.58. The minimum atomic E-state index is -0.439. The minimum absolute atomic E-state index is 0.355. The molecule has 0 aliphatic carbocycles. The van der Waals surface area contributed by atoms with Gasteiger partial charge in [-0.05, 0) is 74.7 Å². The maximum Gasteiger partial charge on any atom is 0.343 e. The van der Waals surface area contributed by atoms with E-state index >= 15 is 0 Å². The van der Waals surface area contributed by atoms with Gasteiger partial charge < -0.3 is 18.9 Å². The van der Waals surface area contributed by atoms with Crippen LogP contribution in [0.15, 0.2) is 60.7 Å². The molecule has 0 unspecified atom stereocenters. The first-order valence-electron chi connectivity index (χ1n) is 9.41. The van der Waals surface area contributed by atoms with Crippen molar-refractivity contribution in [2.75, 3.05) is 20.3 Å². The van der Waals surface area contributed by atoms with Gasteiger partial charge in [0.05, 0.1) is 25.9 Å². The molecule has 2 aromatic rings. The Morgan fingerprint density at radius 2 is 1.41 bits per heavy atom. The number of esters is 2. The van der Waals surface area contributed by atoms with Crippen LogP contribution >= 0.6 is 0 Å². The second-order valence-corrected chi connectivity index (χ2v) is 6.41. The van der Waals surface area contributed by atoms with Crippen molar-refractivity contribution in [1.29, 1.82) is 0 Å². The van der Waals surface area contributed by atoms with Crippen LogP contribution in [-0.4, -0.2) is 32.3 Å². The summed E-state index contributed by atoms with van der Waals surface area (Å²) in [5, 5.41) is 0. The zero-order valence-corrected chi connectivity index (χ0v) is 16.8. The van der Waals surface area contributed by atoms with Crippen LogP contribution in [0.2, 0.25) is 0 Å². The van der Waals surface area contributed by atoms with Gasteiger partial charge in [-0.1, -0.05) is 6.58 Å². The van der Waals surface area contributed by atoms with Gasteiger partial charge in [0.15, 0.2) is 0 Å². The lowest BCUT2D eigenvalue weighted by Crippen LogP contribution is -2.08. The number of carbonyl (C=O) groups excluding carboxylic acids is 2. The van der Waals surface area contributed by atoms with E-state index in [4.69, 9.17) is 18.9 Å².